The number of nitrogens with one attached hydrogen (secondary N) is 1. The highest BCUT2D eigenvalue weighted by Gasteiger charge is 2.44. The fourth-order valence-corrected chi connectivity index (χ4v) is 4.91. The molecular weight excluding hydrogens is 531 g/mol. The largest absolute Gasteiger partial charge is 0.350 e. The Labute approximate surface area is 198 Å². The molecule has 1 fully saturated rings. The molecule has 1 amide bonds. The number of hydrogen-bond acceptors (Lipinski definition) is 6. The maximum Gasteiger partial charge on any atom is 0.264 e. The third-order valence-electron chi connectivity index (χ3n) is 6.13. The van der Waals surface area contributed by atoms with Crippen molar-refractivity contribution >= 4 is 43.9 Å². The fraction of sp³-hybridized carbons (Fsp3) is 0.591. The number of hydroxylamine groups is 1. The molecule has 2 aliphatic heterocycles. The molecule has 2 heterocycles. The van der Waals surface area contributed by atoms with Crippen molar-refractivity contribution in [2.45, 2.75) is 50.1 Å². The molecule has 0 aliphatic carbocycles. The van der Waals surface area contributed by atoms with Crippen LogP contribution in [0.25, 0.3) is 5.57 Å². The van der Waals surface area contributed by atoms with E-state index in [0.29, 0.717) is 19.6 Å². The Kier molecular flexibility index (Phi) is 8.53. The second-order valence-corrected chi connectivity index (χ2v) is 12.1. The monoisotopic (exact) mass is 562 g/mol. The van der Waals surface area contributed by atoms with Crippen molar-refractivity contribution in [1.82, 2.24) is 10.4 Å². The minimum absolute atomic E-state index is 0.194. The number of ether oxygens (including phenoxy) is 1. The Morgan fingerprint density at radius 2 is 2.06 bits per heavy atom. The number of hydrogen-bond donors (Lipinski definition) is 1. The van der Waals surface area contributed by atoms with Gasteiger partial charge < -0.3 is 4.74 Å². The summed E-state index contributed by atoms with van der Waals surface area (Å²) in [7, 11) is -3.65. The molecule has 9 heteroatoms. The molecule has 31 heavy (non-hydrogen) atoms. The first-order chi connectivity index (χ1) is 14.7. The third-order valence-corrected chi connectivity index (χ3v) is 8.88. The first-order valence-electron chi connectivity index (χ1n) is 10.6. The number of nitrogens with zero attached hydrogens (tertiary/aromatic N) is 1. The van der Waals surface area contributed by atoms with Crippen molar-refractivity contribution in [3.8, 4) is 0 Å². The average Bonchev–Trinajstić information content (AvgIpc) is 2.76. The molecular formula is C22H31IN2O5S. The van der Waals surface area contributed by atoms with Gasteiger partial charge in [-0.25, -0.2) is 18.7 Å². The summed E-state index contributed by atoms with van der Waals surface area (Å²) in [4.78, 5) is 20.3. The number of rotatable bonds is 8. The highest BCUT2D eigenvalue weighted by molar-refractivity contribution is 14.1. The zero-order valence-electron chi connectivity index (χ0n) is 18.1. The maximum absolute atomic E-state index is 12.8. The van der Waals surface area contributed by atoms with Gasteiger partial charge in [0.1, 0.15) is 0 Å². The maximum atomic E-state index is 12.8. The first kappa shape index (κ1) is 24.6. The molecule has 0 saturated carbocycles. The lowest BCUT2D eigenvalue weighted by Gasteiger charge is -2.32. The molecule has 0 radical (unpaired) electrons. The molecule has 3 rings (SSSR count). The molecule has 7 nitrogen and oxygen atoms in total. The Balaban J connectivity index is 1.57. The summed E-state index contributed by atoms with van der Waals surface area (Å²) in [6.45, 7) is 4.12. The zero-order valence-corrected chi connectivity index (χ0v) is 21.1. The van der Waals surface area contributed by atoms with Crippen LogP contribution in [0.4, 0.5) is 0 Å². The number of carbonyl (C=O) groups is 1. The van der Waals surface area contributed by atoms with Gasteiger partial charge in [0.15, 0.2) is 20.9 Å². The molecule has 1 saturated heterocycles. The summed E-state index contributed by atoms with van der Waals surface area (Å²) >= 11 is 2.29. The van der Waals surface area contributed by atoms with Gasteiger partial charge in [-0.1, -0.05) is 18.2 Å². The highest BCUT2D eigenvalue weighted by atomic mass is 127. The molecule has 0 aromatic heterocycles. The van der Waals surface area contributed by atoms with Crippen molar-refractivity contribution in [2.24, 2.45) is 0 Å². The van der Waals surface area contributed by atoms with Gasteiger partial charge >= 0.3 is 0 Å². The minimum Gasteiger partial charge on any atom is -0.350 e. The van der Waals surface area contributed by atoms with E-state index in [1.807, 2.05) is 0 Å². The first-order valence-corrected chi connectivity index (χ1v) is 13.6. The molecule has 0 spiro atoms. The Morgan fingerprint density at radius 3 is 2.65 bits per heavy atom. The van der Waals surface area contributed by atoms with Crippen LogP contribution in [-0.2, 0) is 24.2 Å². The van der Waals surface area contributed by atoms with Crippen LogP contribution in [0.15, 0.2) is 30.3 Å². The van der Waals surface area contributed by atoms with Gasteiger partial charge in [0.2, 0.25) is 0 Å². The lowest BCUT2D eigenvalue weighted by atomic mass is 9.99. The SMILES string of the molecule is CC(CCN1CC=C(c2ccc(I)cc2)CC1)(C(=O)NOC1CCCCO1)S(C)(=O)=O. The molecule has 2 unspecified atom stereocenters. The summed E-state index contributed by atoms with van der Waals surface area (Å²) in [5, 5.41) is 0. The van der Waals surface area contributed by atoms with Crippen LogP contribution in [0.1, 0.15) is 44.6 Å². The van der Waals surface area contributed by atoms with Gasteiger partial charge in [0, 0.05) is 42.5 Å². The van der Waals surface area contributed by atoms with E-state index in [1.54, 1.807) is 0 Å². The summed E-state index contributed by atoms with van der Waals surface area (Å²) in [5.41, 5.74) is 4.87. The van der Waals surface area contributed by atoms with Crippen molar-refractivity contribution < 1.29 is 22.8 Å². The quantitative estimate of drug-likeness (QED) is 0.387. The van der Waals surface area contributed by atoms with E-state index in [9.17, 15) is 13.2 Å². The second-order valence-electron chi connectivity index (χ2n) is 8.39. The van der Waals surface area contributed by atoms with Crippen LogP contribution < -0.4 is 5.48 Å². The molecule has 2 atom stereocenters. The van der Waals surface area contributed by atoms with E-state index in [0.717, 1.165) is 38.6 Å². The number of carbonyl (C=O) groups excluding carboxylic acids is 1. The second kappa shape index (κ2) is 10.7. The normalized spacial score (nSPS) is 22.4. The predicted octanol–water partition coefficient (Wildman–Crippen LogP) is 3.15. The number of sulfone groups is 1. The zero-order chi connectivity index (χ0) is 22.5. The van der Waals surface area contributed by atoms with E-state index < -0.39 is 26.8 Å². The van der Waals surface area contributed by atoms with Gasteiger partial charge in [-0.05, 0) is 78.5 Å². The van der Waals surface area contributed by atoms with Gasteiger partial charge in [0.05, 0.1) is 0 Å². The van der Waals surface area contributed by atoms with E-state index in [-0.39, 0.29) is 6.42 Å². The van der Waals surface area contributed by atoms with Crippen LogP contribution in [0.3, 0.4) is 0 Å². The highest BCUT2D eigenvalue weighted by Crippen LogP contribution is 2.26. The van der Waals surface area contributed by atoms with Crippen molar-refractivity contribution in [1.29, 1.82) is 0 Å². The van der Waals surface area contributed by atoms with E-state index in [4.69, 9.17) is 9.57 Å². The van der Waals surface area contributed by atoms with Gasteiger partial charge in [0.25, 0.3) is 5.91 Å². The molecule has 0 bridgehead atoms. The average molecular weight is 562 g/mol. The summed E-state index contributed by atoms with van der Waals surface area (Å²) in [6.07, 6.45) is 6.46. The molecule has 1 N–H and O–H groups in total. The lowest BCUT2D eigenvalue weighted by Crippen LogP contribution is -2.52. The van der Waals surface area contributed by atoms with E-state index >= 15 is 0 Å². The van der Waals surface area contributed by atoms with Gasteiger partial charge in [-0.2, -0.15) is 0 Å². The number of halogens is 1. The fourth-order valence-electron chi connectivity index (χ4n) is 3.71. The predicted molar refractivity (Wildman–Crippen MR) is 129 cm³/mol. The Hall–Kier alpha value is -1.01. The van der Waals surface area contributed by atoms with Crippen molar-refractivity contribution in [3.63, 3.8) is 0 Å². The summed E-state index contributed by atoms with van der Waals surface area (Å²) < 4.78 is 30.1. The molecule has 1 aromatic rings. The lowest BCUT2D eigenvalue weighted by molar-refractivity contribution is -0.201. The van der Waals surface area contributed by atoms with E-state index in [1.165, 1.54) is 21.6 Å². The standard InChI is InChI=1S/C22H31IN2O5S/c1-22(31(2,27)28,21(26)24-30-20-5-3-4-16-29-20)12-15-25-13-10-18(11-14-25)17-6-8-19(23)9-7-17/h6-10,20H,3-5,11-16H2,1-2H3,(H,24,26). The minimum atomic E-state index is -3.65. The van der Waals surface area contributed by atoms with Gasteiger partial charge in [-0.3, -0.25) is 9.69 Å². The smallest absolute Gasteiger partial charge is 0.264 e. The van der Waals surface area contributed by atoms with E-state index in [2.05, 4.69) is 63.3 Å². The molecule has 2 aliphatic rings. The Bertz CT molecular complexity index is 897. The van der Waals surface area contributed by atoms with Crippen molar-refractivity contribution in [2.75, 3.05) is 32.5 Å². The number of benzene rings is 1. The van der Waals surface area contributed by atoms with Crippen LogP contribution in [0, 0.1) is 3.57 Å². The van der Waals surface area contributed by atoms with Gasteiger partial charge in [-0.15, -0.1) is 0 Å². The summed E-state index contributed by atoms with van der Waals surface area (Å²) in [6, 6.07) is 8.45. The van der Waals surface area contributed by atoms with Crippen LogP contribution in [0.2, 0.25) is 0 Å². The van der Waals surface area contributed by atoms with Crippen LogP contribution in [-0.4, -0.2) is 62.8 Å². The molecule has 1 aromatic carbocycles. The Morgan fingerprint density at radius 1 is 1.32 bits per heavy atom. The number of amides is 1. The van der Waals surface area contributed by atoms with Crippen LogP contribution >= 0.6 is 22.6 Å². The molecule has 172 valence electrons. The third kappa shape index (κ3) is 6.50. The topological polar surface area (TPSA) is 84.9 Å². The van der Waals surface area contributed by atoms with Crippen LogP contribution in [0.5, 0.6) is 0 Å². The summed E-state index contributed by atoms with van der Waals surface area (Å²) in [5.74, 6) is -0.642. The van der Waals surface area contributed by atoms with Crippen molar-refractivity contribution in [3.05, 3.63) is 39.5 Å².